The summed E-state index contributed by atoms with van der Waals surface area (Å²) in [5.41, 5.74) is 5.51. The molecule has 0 bridgehead atoms. The fourth-order valence-corrected chi connectivity index (χ4v) is 1.28. The van der Waals surface area contributed by atoms with Crippen LogP contribution in [0.25, 0.3) is 0 Å². The van der Waals surface area contributed by atoms with E-state index in [1.54, 1.807) is 6.08 Å². The molecule has 6 nitrogen and oxygen atoms in total. The molecule has 0 heterocycles. The zero-order valence-corrected chi connectivity index (χ0v) is 9.09. The minimum Gasteiger partial charge on any atom is -0.483 e. The van der Waals surface area contributed by atoms with Gasteiger partial charge in [0.15, 0.2) is 6.61 Å². The predicted molar refractivity (Wildman–Crippen MR) is 61.7 cm³/mol. The van der Waals surface area contributed by atoms with E-state index in [0.29, 0.717) is 17.7 Å². The lowest BCUT2D eigenvalue weighted by atomic mass is 10.1. The van der Waals surface area contributed by atoms with Crippen LogP contribution in [-0.2, 0) is 11.2 Å². The first kappa shape index (κ1) is 12.7. The molecule has 0 radical (unpaired) electrons. The van der Waals surface area contributed by atoms with Crippen molar-refractivity contribution in [3.8, 4) is 5.75 Å². The summed E-state index contributed by atoms with van der Waals surface area (Å²) >= 11 is 0. The maximum atomic E-state index is 10.6. The van der Waals surface area contributed by atoms with Gasteiger partial charge in [-0.1, -0.05) is 6.08 Å². The van der Waals surface area contributed by atoms with Crippen molar-refractivity contribution in [3.05, 3.63) is 46.5 Å². The maximum absolute atomic E-state index is 10.6. The van der Waals surface area contributed by atoms with Gasteiger partial charge in [0.25, 0.3) is 11.6 Å². The molecule has 6 heteroatoms. The van der Waals surface area contributed by atoms with Crippen molar-refractivity contribution < 1.29 is 14.5 Å². The predicted octanol–water partition coefficient (Wildman–Crippen LogP) is 1.19. The number of nitro benzene ring substituents is 1. The lowest BCUT2D eigenvalue weighted by Crippen LogP contribution is -2.20. The zero-order chi connectivity index (χ0) is 12.8. The van der Waals surface area contributed by atoms with Crippen molar-refractivity contribution in [1.82, 2.24) is 0 Å². The molecule has 0 saturated heterocycles. The second kappa shape index (κ2) is 5.64. The maximum Gasteiger partial charge on any atom is 0.269 e. The molecule has 90 valence electrons. The summed E-state index contributed by atoms with van der Waals surface area (Å²) in [6, 6.07) is 4.14. The Morgan fingerprint density at radius 1 is 1.59 bits per heavy atom. The Morgan fingerprint density at radius 2 is 2.29 bits per heavy atom. The van der Waals surface area contributed by atoms with Gasteiger partial charge >= 0.3 is 0 Å². The highest BCUT2D eigenvalue weighted by atomic mass is 16.6. The Hall–Kier alpha value is -2.37. The number of hydrogen-bond acceptors (Lipinski definition) is 4. The second-order valence-electron chi connectivity index (χ2n) is 3.30. The Labute approximate surface area is 97.8 Å². The van der Waals surface area contributed by atoms with Crippen LogP contribution in [0.4, 0.5) is 5.69 Å². The number of nitro groups is 1. The van der Waals surface area contributed by atoms with Crippen LogP contribution in [0.15, 0.2) is 30.9 Å². The third-order valence-corrected chi connectivity index (χ3v) is 1.99. The fraction of sp³-hybridized carbons (Fsp3) is 0.182. The molecular weight excluding hydrogens is 224 g/mol. The van der Waals surface area contributed by atoms with E-state index in [1.165, 1.54) is 18.2 Å². The van der Waals surface area contributed by atoms with E-state index in [0.717, 1.165) is 0 Å². The second-order valence-corrected chi connectivity index (χ2v) is 3.30. The van der Waals surface area contributed by atoms with Crippen molar-refractivity contribution in [2.45, 2.75) is 6.42 Å². The van der Waals surface area contributed by atoms with E-state index in [1.807, 2.05) is 0 Å². The largest absolute Gasteiger partial charge is 0.483 e. The molecule has 1 rings (SSSR count). The molecule has 0 saturated carbocycles. The number of nitrogens with two attached hydrogens (primary N) is 1. The lowest BCUT2D eigenvalue weighted by Gasteiger charge is -2.08. The average molecular weight is 236 g/mol. The van der Waals surface area contributed by atoms with Crippen molar-refractivity contribution >= 4 is 11.6 Å². The molecule has 1 amide bonds. The number of amides is 1. The molecule has 0 aliphatic heterocycles. The number of primary amides is 1. The van der Waals surface area contributed by atoms with Crippen LogP contribution >= 0.6 is 0 Å². The standard InChI is InChI=1S/C11H12N2O4/c1-2-3-8-6-9(13(15)16)4-5-10(8)17-7-11(12)14/h2,4-6H,1,3,7H2,(H2,12,14). The average Bonchev–Trinajstić information content (AvgIpc) is 2.27. The van der Waals surface area contributed by atoms with E-state index >= 15 is 0 Å². The summed E-state index contributed by atoms with van der Waals surface area (Å²) in [5.74, 6) is -0.206. The number of allylic oxidation sites excluding steroid dienone is 1. The molecule has 0 spiro atoms. The van der Waals surface area contributed by atoms with E-state index in [2.05, 4.69) is 6.58 Å². The van der Waals surface area contributed by atoms with E-state index in [9.17, 15) is 14.9 Å². The number of ether oxygens (including phenoxy) is 1. The zero-order valence-electron chi connectivity index (χ0n) is 9.09. The number of carbonyl (C=O) groups is 1. The number of nitrogens with zero attached hydrogens (tertiary/aromatic N) is 1. The van der Waals surface area contributed by atoms with Crippen molar-refractivity contribution in [2.75, 3.05) is 6.61 Å². The monoisotopic (exact) mass is 236 g/mol. The molecule has 17 heavy (non-hydrogen) atoms. The molecule has 0 aliphatic carbocycles. The molecule has 1 aromatic rings. The highest BCUT2D eigenvalue weighted by Crippen LogP contribution is 2.24. The Kier molecular flexibility index (Phi) is 4.21. The quantitative estimate of drug-likeness (QED) is 0.455. The van der Waals surface area contributed by atoms with E-state index < -0.39 is 10.8 Å². The SMILES string of the molecule is C=CCc1cc([N+](=O)[O-])ccc1OCC(N)=O. The van der Waals surface area contributed by atoms with Gasteiger partial charge in [0.05, 0.1) is 4.92 Å². The first-order valence-electron chi connectivity index (χ1n) is 4.84. The fourth-order valence-electron chi connectivity index (χ4n) is 1.28. The van der Waals surface area contributed by atoms with Gasteiger partial charge in [-0.05, 0) is 12.5 Å². The summed E-state index contributed by atoms with van der Waals surface area (Å²) in [7, 11) is 0. The minimum atomic E-state index is -0.604. The smallest absolute Gasteiger partial charge is 0.269 e. The van der Waals surface area contributed by atoms with Crippen LogP contribution in [0, 0.1) is 10.1 Å². The third-order valence-electron chi connectivity index (χ3n) is 1.99. The van der Waals surface area contributed by atoms with Crippen LogP contribution in [0.2, 0.25) is 0 Å². The van der Waals surface area contributed by atoms with Gasteiger partial charge in [-0.25, -0.2) is 0 Å². The summed E-state index contributed by atoms with van der Waals surface area (Å²) in [6.45, 7) is 3.29. The highest BCUT2D eigenvalue weighted by Gasteiger charge is 2.11. The molecule has 0 fully saturated rings. The Bertz CT molecular complexity index is 457. The summed E-state index contributed by atoms with van der Waals surface area (Å²) in [5, 5.41) is 10.6. The van der Waals surface area contributed by atoms with Gasteiger partial charge in [0, 0.05) is 17.7 Å². The van der Waals surface area contributed by atoms with E-state index in [4.69, 9.17) is 10.5 Å². The van der Waals surface area contributed by atoms with Crippen molar-refractivity contribution in [2.24, 2.45) is 5.73 Å². The van der Waals surface area contributed by atoms with Gasteiger partial charge in [-0.2, -0.15) is 0 Å². The van der Waals surface area contributed by atoms with Crippen LogP contribution in [-0.4, -0.2) is 17.4 Å². The molecule has 0 atom stereocenters. The molecule has 1 aromatic carbocycles. The highest BCUT2D eigenvalue weighted by molar-refractivity contribution is 5.75. The molecule has 2 N–H and O–H groups in total. The Morgan fingerprint density at radius 3 is 2.82 bits per heavy atom. The minimum absolute atomic E-state index is 0.0340. The summed E-state index contributed by atoms with van der Waals surface area (Å²) < 4.78 is 5.14. The first-order chi connectivity index (χ1) is 8.04. The van der Waals surface area contributed by atoms with Crippen LogP contribution in [0.5, 0.6) is 5.75 Å². The number of benzene rings is 1. The van der Waals surface area contributed by atoms with Gasteiger partial charge in [-0.15, -0.1) is 6.58 Å². The normalized spacial score (nSPS) is 9.65. The summed E-state index contributed by atoms with van der Waals surface area (Å²) in [4.78, 5) is 20.7. The Balaban J connectivity index is 2.99. The van der Waals surface area contributed by atoms with Gasteiger partial charge in [0.1, 0.15) is 5.75 Å². The van der Waals surface area contributed by atoms with Gasteiger partial charge in [0.2, 0.25) is 0 Å². The van der Waals surface area contributed by atoms with Crippen LogP contribution in [0.3, 0.4) is 0 Å². The van der Waals surface area contributed by atoms with Crippen LogP contribution < -0.4 is 10.5 Å². The number of carbonyl (C=O) groups excluding carboxylic acids is 1. The number of hydrogen-bond donors (Lipinski definition) is 1. The first-order valence-corrected chi connectivity index (χ1v) is 4.84. The van der Waals surface area contributed by atoms with Gasteiger partial charge in [-0.3, -0.25) is 14.9 Å². The third kappa shape index (κ3) is 3.60. The van der Waals surface area contributed by atoms with Crippen molar-refractivity contribution in [3.63, 3.8) is 0 Å². The summed E-state index contributed by atoms with van der Waals surface area (Å²) in [6.07, 6.45) is 2.01. The van der Waals surface area contributed by atoms with E-state index in [-0.39, 0.29) is 12.3 Å². The number of non-ortho nitro benzene ring substituents is 1. The molecule has 0 unspecified atom stereocenters. The van der Waals surface area contributed by atoms with Crippen molar-refractivity contribution in [1.29, 1.82) is 0 Å². The van der Waals surface area contributed by atoms with Gasteiger partial charge < -0.3 is 10.5 Å². The molecular formula is C11H12N2O4. The lowest BCUT2D eigenvalue weighted by molar-refractivity contribution is -0.384. The number of rotatable bonds is 6. The molecule has 0 aromatic heterocycles. The topological polar surface area (TPSA) is 95.5 Å². The van der Waals surface area contributed by atoms with Crippen LogP contribution in [0.1, 0.15) is 5.56 Å². The molecule has 0 aliphatic rings.